The van der Waals surface area contributed by atoms with Gasteiger partial charge < -0.3 is 10.1 Å². The van der Waals surface area contributed by atoms with Crippen LogP contribution in [0.3, 0.4) is 0 Å². The molecule has 0 spiro atoms. The summed E-state index contributed by atoms with van der Waals surface area (Å²) in [4.78, 5) is 11.6. The van der Waals surface area contributed by atoms with Gasteiger partial charge >= 0.3 is 0 Å². The average Bonchev–Trinajstić information content (AvgIpc) is 2.37. The molecule has 0 aliphatic carbocycles. The molecular formula is C14H20ClNO2. The molecule has 1 aromatic carbocycles. The molecule has 0 saturated carbocycles. The van der Waals surface area contributed by atoms with Crippen LogP contribution in [-0.4, -0.2) is 25.7 Å². The van der Waals surface area contributed by atoms with Crippen molar-refractivity contribution in [3.8, 4) is 0 Å². The lowest BCUT2D eigenvalue weighted by Gasteiger charge is -2.06. The van der Waals surface area contributed by atoms with E-state index < -0.39 is 0 Å². The van der Waals surface area contributed by atoms with Gasteiger partial charge in [0.25, 0.3) is 0 Å². The molecule has 0 atom stereocenters. The summed E-state index contributed by atoms with van der Waals surface area (Å²) in [5.74, 6) is 0.0615. The highest BCUT2D eigenvalue weighted by molar-refractivity contribution is 6.31. The van der Waals surface area contributed by atoms with E-state index in [9.17, 15) is 4.79 Å². The Hall–Kier alpha value is -1.06. The zero-order chi connectivity index (χ0) is 13.2. The maximum absolute atomic E-state index is 11.6. The van der Waals surface area contributed by atoms with Crippen LogP contribution in [0.25, 0.3) is 0 Å². The second kappa shape index (κ2) is 8.95. The lowest BCUT2D eigenvalue weighted by atomic mass is 10.1. The third-order valence-corrected chi connectivity index (χ3v) is 2.94. The highest BCUT2D eigenvalue weighted by Crippen LogP contribution is 2.16. The van der Waals surface area contributed by atoms with Gasteiger partial charge in [-0.05, 0) is 31.4 Å². The summed E-state index contributed by atoms with van der Waals surface area (Å²) < 4.78 is 5.19. The van der Waals surface area contributed by atoms with Crippen LogP contribution in [-0.2, 0) is 16.0 Å². The van der Waals surface area contributed by atoms with Gasteiger partial charge in [-0.2, -0.15) is 0 Å². The highest BCUT2D eigenvalue weighted by atomic mass is 35.5. The number of carbonyl (C=O) groups excluding carboxylic acids is 1. The lowest BCUT2D eigenvalue weighted by Crippen LogP contribution is -2.25. The van der Waals surface area contributed by atoms with Crippen molar-refractivity contribution in [3.63, 3.8) is 0 Å². The van der Waals surface area contributed by atoms with Crippen LogP contribution >= 0.6 is 11.6 Å². The Kier molecular flexibility index (Phi) is 7.46. The first-order valence-electron chi connectivity index (χ1n) is 6.32. The molecule has 3 nitrogen and oxygen atoms in total. The molecular weight excluding hydrogens is 250 g/mol. The number of nitrogens with one attached hydrogen (secondary N) is 1. The van der Waals surface area contributed by atoms with Crippen LogP contribution in [0.15, 0.2) is 24.3 Å². The highest BCUT2D eigenvalue weighted by Gasteiger charge is 2.04. The van der Waals surface area contributed by atoms with Crippen LogP contribution in [0.5, 0.6) is 0 Å². The van der Waals surface area contributed by atoms with Gasteiger partial charge in [-0.3, -0.25) is 4.79 Å². The van der Waals surface area contributed by atoms with Crippen molar-refractivity contribution < 1.29 is 9.53 Å². The first-order chi connectivity index (χ1) is 8.74. The lowest BCUT2D eigenvalue weighted by molar-refractivity contribution is -0.121. The second-order valence-electron chi connectivity index (χ2n) is 3.99. The van der Waals surface area contributed by atoms with E-state index in [1.165, 1.54) is 0 Å². The number of ether oxygens (including phenoxy) is 1. The van der Waals surface area contributed by atoms with Gasteiger partial charge in [-0.1, -0.05) is 29.8 Å². The minimum absolute atomic E-state index is 0.0615. The molecule has 1 aromatic rings. The summed E-state index contributed by atoms with van der Waals surface area (Å²) in [5.41, 5.74) is 1.02. The van der Waals surface area contributed by atoms with Crippen LogP contribution in [0.2, 0.25) is 5.02 Å². The average molecular weight is 270 g/mol. The summed E-state index contributed by atoms with van der Waals surface area (Å²) in [6, 6.07) is 7.61. The first kappa shape index (κ1) is 15.0. The fourth-order valence-corrected chi connectivity index (χ4v) is 1.81. The molecule has 1 amide bonds. The molecule has 0 aliphatic rings. The Bertz CT molecular complexity index is 369. The van der Waals surface area contributed by atoms with E-state index in [2.05, 4.69) is 5.32 Å². The predicted octanol–water partition coefficient (Wildman–Crippen LogP) is 2.82. The molecule has 0 bridgehead atoms. The van der Waals surface area contributed by atoms with Gasteiger partial charge in [-0.25, -0.2) is 0 Å². The summed E-state index contributed by atoms with van der Waals surface area (Å²) in [6.45, 7) is 4.05. The first-order valence-corrected chi connectivity index (χ1v) is 6.69. The molecule has 1 N–H and O–H groups in total. The molecule has 1 rings (SSSR count). The van der Waals surface area contributed by atoms with Crippen molar-refractivity contribution >= 4 is 17.5 Å². The van der Waals surface area contributed by atoms with Crippen LogP contribution < -0.4 is 5.32 Å². The van der Waals surface area contributed by atoms with E-state index in [-0.39, 0.29) is 5.91 Å². The molecule has 100 valence electrons. The number of benzene rings is 1. The zero-order valence-electron chi connectivity index (χ0n) is 10.7. The molecule has 0 saturated heterocycles. The zero-order valence-corrected chi connectivity index (χ0v) is 11.5. The van der Waals surface area contributed by atoms with Crippen molar-refractivity contribution in [1.29, 1.82) is 0 Å². The molecule has 0 aliphatic heterocycles. The maximum atomic E-state index is 11.6. The predicted molar refractivity (Wildman–Crippen MR) is 73.9 cm³/mol. The van der Waals surface area contributed by atoms with Crippen LogP contribution in [0.1, 0.15) is 25.3 Å². The summed E-state index contributed by atoms with van der Waals surface area (Å²) in [5, 5.41) is 3.59. The summed E-state index contributed by atoms with van der Waals surface area (Å²) in [6.07, 6.45) is 2.00. The largest absolute Gasteiger partial charge is 0.382 e. The van der Waals surface area contributed by atoms with E-state index in [1.807, 2.05) is 31.2 Å². The number of aryl methyl sites for hydroxylation is 1. The third-order valence-electron chi connectivity index (χ3n) is 2.57. The van der Waals surface area contributed by atoms with Gasteiger partial charge in [0.1, 0.15) is 0 Å². The van der Waals surface area contributed by atoms with Gasteiger partial charge in [0.15, 0.2) is 0 Å². The van der Waals surface area contributed by atoms with Gasteiger partial charge in [0.05, 0.1) is 0 Å². The van der Waals surface area contributed by atoms with Gasteiger partial charge in [-0.15, -0.1) is 0 Å². The molecule has 18 heavy (non-hydrogen) atoms. The van der Waals surface area contributed by atoms with E-state index in [1.54, 1.807) is 0 Å². The van der Waals surface area contributed by atoms with E-state index in [0.717, 1.165) is 23.6 Å². The number of amides is 1. The Morgan fingerprint density at radius 1 is 1.39 bits per heavy atom. The minimum atomic E-state index is 0.0615. The smallest absolute Gasteiger partial charge is 0.220 e. The second-order valence-corrected chi connectivity index (χ2v) is 4.40. The van der Waals surface area contributed by atoms with Crippen LogP contribution in [0.4, 0.5) is 0 Å². The van der Waals surface area contributed by atoms with Crippen molar-refractivity contribution in [1.82, 2.24) is 5.32 Å². The molecule has 4 heteroatoms. The molecule has 0 heterocycles. The standard InChI is InChI=1S/C14H20ClNO2/c1-2-18-11-5-10-16-14(17)9-8-12-6-3-4-7-13(12)15/h3-4,6-7H,2,5,8-11H2,1H3,(H,16,17). The van der Waals surface area contributed by atoms with E-state index in [4.69, 9.17) is 16.3 Å². The number of halogens is 1. The monoisotopic (exact) mass is 269 g/mol. The number of hydrogen-bond acceptors (Lipinski definition) is 2. The van der Waals surface area contributed by atoms with Crippen LogP contribution in [0, 0.1) is 0 Å². The Labute approximate surface area is 113 Å². The number of hydrogen-bond donors (Lipinski definition) is 1. The Morgan fingerprint density at radius 3 is 2.89 bits per heavy atom. The Morgan fingerprint density at radius 2 is 2.17 bits per heavy atom. The Balaban J connectivity index is 2.15. The third kappa shape index (κ3) is 6.03. The van der Waals surface area contributed by atoms with Gasteiger partial charge in [0, 0.05) is 31.2 Å². The summed E-state index contributed by atoms with van der Waals surface area (Å²) in [7, 11) is 0. The quantitative estimate of drug-likeness (QED) is 0.737. The molecule has 0 unspecified atom stereocenters. The maximum Gasteiger partial charge on any atom is 0.220 e. The molecule has 0 fully saturated rings. The van der Waals surface area contributed by atoms with Gasteiger partial charge in [0.2, 0.25) is 5.91 Å². The topological polar surface area (TPSA) is 38.3 Å². The van der Waals surface area contributed by atoms with Crippen molar-refractivity contribution in [2.45, 2.75) is 26.2 Å². The summed E-state index contributed by atoms with van der Waals surface area (Å²) >= 11 is 6.02. The number of carbonyl (C=O) groups is 1. The fraction of sp³-hybridized carbons (Fsp3) is 0.500. The molecule has 0 radical (unpaired) electrons. The number of rotatable bonds is 8. The van der Waals surface area contributed by atoms with E-state index >= 15 is 0 Å². The minimum Gasteiger partial charge on any atom is -0.382 e. The SMILES string of the molecule is CCOCCCNC(=O)CCc1ccccc1Cl. The van der Waals surface area contributed by atoms with E-state index in [0.29, 0.717) is 26.0 Å². The van der Waals surface area contributed by atoms with Crippen molar-refractivity contribution in [2.24, 2.45) is 0 Å². The fourth-order valence-electron chi connectivity index (χ4n) is 1.58. The van der Waals surface area contributed by atoms with Crippen molar-refractivity contribution in [2.75, 3.05) is 19.8 Å². The van der Waals surface area contributed by atoms with Crippen molar-refractivity contribution in [3.05, 3.63) is 34.9 Å². The molecule has 0 aromatic heterocycles. The normalized spacial score (nSPS) is 10.3.